The van der Waals surface area contributed by atoms with Crippen LogP contribution in [0.25, 0.3) is 10.2 Å². The molecule has 1 fully saturated rings. The molecule has 1 aromatic carbocycles. The molecule has 20 heavy (non-hydrogen) atoms. The zero-order valence-corrected chi connectivity index (χ0v) is 12.4. The molecular formula is C15H19N3OS. The maximum atomic E-state index is 12.3. The molecule has 0 bridgehead atoms. The lowest BCUT2D eigenvalue weighted by Crippen LogP contribution is -2.34. The van der Waals surface area contributed by atoms with Gasteiger partial charge in [0.05, 0.1) is 15.2 Å². The van der Waals surface area contributed by atoms with Crippen LogP contribution in [0.15, 0.2) is 18.2 Å². The Hall–Kier alpha value is -1.46. The number of benzene rings is 1. The Morgan fingerprint density at radius 2 is 2.30 bits per heavy atom. The Balaban J connectivity index is 1.73. The third-order valence-electron chi connectivity index (χ3n) is 3.85. The number of amides is 1. The summed E-state index contributed by atoms with van der Waals surface area (Å²) in [5, 5.41) is 4.06. The summed E-state index contributed by atoms with van der Waals surface area (Å²) in [5.74, 6) is 0.151. The van der Waals surface area contributed by atoms with Gasteiger partial charge in [0.15, 0.2) is 0 Å². The number of anilines is 1. The van der Waals surface area contributed by atoms with E-state index in [1.54, 1.807) is 11.3 Å². The number of carbonyl (C=O) groups excluding carboxylic acids is 1. The molecule has 1 aliphatic carbocycles. The molecule has 106 valence electrons. The number of aromatic nitrogens is 1. The Kier molecular flexibility index (Phi) is 3.72. The number of aryl methyl sites for hydroxylation is 1. The standard InChI is InChI=1S/C15H19N3OS/c1-9-17-13-6-5-12(8-14(13)20-9)18-15(19)10-3-2-4-11(16)7-10/h5-6,8,10-11H,2-4,7,16H2,1H3,(H,18,19). The Bertz CT molecular complexity index is 637. The van der Waals surface area contributed by atoms with E-state index >= 15 is 0 Å². The van der Waals surface area contributed by atoms with E-state index in [1.165, 1.54) is 0 Å². The molecule has 0 saturated heterocycles. The van der Waals surface area contributed by atoms with Crippen LogP contribution in [0.1, 0.15) is 30.7 Å². The minimum atomic E-state index is 0.0534. The first kappa shape index (κ1) is 13.5. The van der Waals surface area contributed by atoms with Crippen molar-refractivity contribution in [2.75, 3.05) is 5.32 Å². The third-order valence-corrected chi connectivity index (χ3v) is 4.78. The Morgan fingerprint density at radius 1 is 1.45 bits per heavy atom. The fraction of sp³-hybridized carbons (Fsp3) is 0.467. The lowest BCUT2D eigenvalue weighted by Gasteiger charge is -2.25. The minimum Gasteiger partial charge on any atom is -0.328 e. The lowest BCUT2D eigenvalue weighted by molar-refractivity contribution is -0.120. The molecule has 2 atom stereocenters. The van der Waals surface area contributed by atoms with Gasteiger partial charge < -0.3 is 11.1 Å². The van der Waals surface area contributed by atoms with Gasteiger partial charge in [-0.25, -0.2) is 4.98 Å². The van der Waals surface area contributed by atoms with E-state index < -0.39 is 0 Å². The smallest absolute Gasteiger partial charge is 0.227 e. The molecule has 1 saturated carbocycles. The lowest BCUT2D eigenvalue weighted by atomic mass is 9.85. The molecule has 4 nitrogen and oxygen atoms in total. The summed E-state index contributed by atoms with van der Waals surface area (Å²) in [5.41, 5.74) is 7.79. The molecular weight excluding hydrogens is 270 g/mol. The van der Waals surface area contributed by atoms with Crippen LogP contribution in [0.4, 0.5) is 5.69 Å². The van der Waals surface area contributed by atoms with Crippen molar-refractivity contribution < 1.29 is 4.79 Å². The van der Waals surface area contributed by atoms with Crippen LogP contribution in [0.3, 0.4) is 0 Å². The normalized spacial score (nSPS) is 22.9. The van der Waals surface area contributed by atoms with Gasteiger partial charge in [-0.2, -0.15) is 0 Å². The second kappa shape index (κ2) is 5.50. The fourth-order valence-corrected chi connectivity index (χ4v) is 3.69. The van der Waals surface area contributed by atoms with Crippen LogP contribution in [-0.2, 0) is 4.79 Å². The van der Waals surface area contributed by atoms with Gasteiger partial charge in [-0.1, -0.05) is 6.42 Å². The highest BCUT2D eigenvalue weighted by Gasteiger charge is 2.25. The number of nitrogens with zero attached hydrogens (tertiary/aromatic N) is 1. The highest BCUT2D eigenvalue weighted by molar-refractivity contribution is 7.18. The van der Waals surface area contributed by atoms with Gasteiger partial charge in [-0.05, 0) is 44.4 Å². The summed E-state index contributed by atoms with van der Waals surface area (Å²) in [7, 11) is 0. The topological polar surface area (TPSA) is 68.0 Å². The zero-order valence-electron chi connectivity index (χ0n) is 11.6. The third kappa shape index (κ3) is 2.83. The first-order valence-corrected chi connectivity index (χ1v) is 7.87. The number of nitrogens with two attached hydrogens (primary N) is 1. The van der Waals surface area contributed by atoms with Crippen molar-refractivity contribution >= 4 is 33.1 Å². The molecule has 0 radical (unpaired) electrons. The summed E-state index contributed by atoms with van der Waals surface area (Å²) in [6.07, 6.45) is 3.83. The number of fused-ring (bicyclic) bond motifs is 1. The van der Waals surface area contributed by atoms with Gasteiger partial charge in [0.25, 0.3) is 0 Å². The Labute approximate surface area is 122 Å². The van der Waals surface area contributed by atoms with E-state index in [1.807, 2.05) is 25.1 Å². The SMILES string of the molecule is Cc1nc2ccc(NC(=O)C3CCCC(N)C3)cc2s1. The van der Waals surface area contributed by atoms with Crippen molar-refractivity contribution in [3.63, 3.8) is 0 Å². The molecule has 1 aromatic heterocycles. The summed E-state index contributed by atoms with van der Waals surface area (Å²) in [6.45, 7) is 1.99. The number of thiazole rings is 1. The van der Waals surface area contributed by atoms with Gasteiger partial charge in [0.2, 0.25) is 5.91 Å². The van der Waals surface area contributed by atoms with Crippen molar-refractivity contribution in [2.45, 2.75) is 38.6 Å². The van der Waals surface area contributed by atoms with E-state index in [0.717, 1.165) is 46.6 Å². The van der Waals surface area contributed by atoms with Crippen LogP contribution >= 0.6 is 11.3 Å². The van der Waals surface area contributed by atoms with Gasteiger partial charge in [-0.15, -0.1) is 11.3 Å². The first-order valence-electron chi connectivity index (χ1n) is 7.05. The Morgan fingerprint density at radius 3 is 3.10 bits per heavy atom. The molecule has 2 unspecified atom stereocenters. The van der Waals surface area contributed by atoms with Crippen LogP contribution in [0, 0.1) is 12.8 Å². The number of nitrogens with one attached hydrogen (secondary N) is 1. The second-order valence-corrected chi connectivity index (χ2v) is 6.76. The highest BCUT2D eigenvalue weighted by atomic mass is 32.1. The van der Waals surface area contributed by atoms with Crippen LogP contribution in [0.5, 0.6) is 0 Å². The maximum absolute atomic E-state index is 12.3. The van der Waals surface area contributed by atoms with Crippen molar-refractivity contribution in [3.8, 4) is 0 Å². The van der Waals surface area contributed by atoms with Gasteiger partial charge in [0.1, 0.15) is 0 Å². The van der Waals surface area contributed by atoms with Gasteiger partial charge in [-0.3, -0.25) is 4.79 Å². The van der Waals surface area contributed by atoms with E-state index in [9.17, 15) is 4.79 Å². The highest BCUT2D eigenvalue weighted by Crippen LogP contribution is 2.27. The van der Waals surface area contributed by atoms with E-state index in [2.05, 4.69) is 10.3 Å². The minimum absolute atomic E-state index is 0.0534. The molecule has 5 heteroatoms. The number of carbonyl (C=O) groups is 1. The van der Waals surface area contributed by atoms with E-state index in [-0.39, 0.29) is 17.9 Å². The molecule has 1 amide bonds. The molecule has 0 aliphatic heterocycles. The van der Waals surface area contributed by atoms with Gasteiger partial charge >= 0.3 is 0 Å². The van der Waals surface area contributed by atoms with Crippen molar-refractivity contribution in [1.29, 1.82) is 0 Å². The summed E-state index contributed by atoms with van der Waals surface area (Å²) >= 11 is 1.65. The van der Waals surface area contributed by atoms with Crippen molar-refractivity contribution in [3.05, 3.63) is 23.2 Å². The molecule has 1 aliphatic rings. The number of hydrogen-bond acceptors (Lipinski definition) is 4. The maximum Gasteiger partial charge on any atom is 0.227 e. The average Bonchev–Trinajstić information content (AvgIpc) is 2.78. The monoisotopic (exact) mass is 289 g/mol. The number of hydrogen-bond donors (Lipinski definition) is 2. The first-order chi connectivity index (χ1) is 9.61. The molecule has 3 rings (SSSR count). The average molecular weight is 289 g/mol. The molecule has 0 spiro atoms. The van der Waals surface area contributed by atoms with Crippen molar-refractivity contribution in [2.24, 2.45) is 11.7 Å². The molecule has 3 N–H and O–H groups in total. The fourth-order valence-electron chi connectivity index (χ4n) is 2.83. The number of rotatable bonds is 2. The second-order valence-electron chi connectivity index (χ2n) is 5.53. The van der Waals surface area contributed by atoms with Crippen LogP contribution < -0.4 is 11.1 Å². The van der Waals surface area contributed by atoms with E-state index in [4.69, 9.17) is 5.73 Å². The zero-order chi connectivity index (χ0) is 14.1. The largest absolute Gasteiger partial charge is 0.328 e. The van der Waals surface area contributed by atoms with Crippen molar-refractivity contribution in [1.82, 2.24) is 4.98 Å². The molecule has 2 aromatic rings. The molecule has 1 heterocycles. The predicted molar refractivity (Wildman–Crippen MR) is 82.9 cm³/mol. The quantitative estimate of drug-likeness (QED) is 0.892. The van der Waals surface area contributed by atoms with E-state index in [0.29, 0.717) is 0 Å². The van der Waals surface area contributed by atoms with Crippen LogP contribution in [0.2, 0.25) is 0 Å². The van der Waals surface area contributed by atoms with Crippen LogP contribution in [-0.4, -0.2) is 16.9 Å². The van der Waals surface area contributed by atoms with Gasteiger partial charge in [0, 0.05) is 17.6 Å². The summed E-state index contributed by atoms with van der Waals surface area (Å²) in [4.78, 5) is 16.7. The summed E-state index contributed by atoms with van der Waals surface area (Å²) < 4.78 is 1.11. The summed E-state index contributed by atoms with van der Waals surface area (Å²) in [6, 6.07) is 6.05. The predicted octanol–water partition coefficient (Wildman–Crippen LogP) is 3.06.